The van der Waals surface area contributed by atoms with Gasteiger partial charge in [0.1, 0.15) is 13.2 Å². The van der Waals surface area contributed by atoms with Crippen molar-refractivity contribution >= 4 is 5.91 Å². The summed E-state index contributed by atoms with van der Waals surface area (Å²) in [5.74, 6) is 2.43. The van der Waals surface area contributed by atoms with Crippen molar-refractivity contribution in [2.24, 2.45) is 11.8 Å². The molecule has 1 spiro atoms. The van der Waals surface area contributed by atoms with Crippen molar-refractivity contribution in [3.8, 4) is 11.5 Å². The van der Waals surface area contributed by atoms with E-state index < -0.39 is 0 Å². The lowest BCUT2D eigenvalue weighted by Gasteiger charge is -2.30. The number of ether oxygens (including phenoxy) is 3. The van der Waals surface area contributed by atoms with Crippen LogP contribution in [0.3, 0.4) is 0 Å². The Morgan fingerprint density at radius 3 is 2.88 bits per heavy atom. The van der Waals surface area contributed by atoms with Crippen LogP contribution < -0.4 is 9.47 Å². The normalized spacial score (nSPS) is 34.4. The molecule has 0 unspecified atom stereocenters. The van der Waals surface area contributed by atoms with E-state index in [9.17, 15) is 4.79 Å². The van der Waals surface area contributed by atoms with Gasteiger partial charge in [0.15, 0.2) is 11.5 Å². The Kier molecular flexibility index (Phi) is 3.69. The molecule has 4 aliphatic heterocycles. The van der Waals surface area contributed by atoms with Crippen LogP contribution in [0.5, 0.6) is 11.5 Å². The van der Waals surface area contributed by atoms with Gasteiger partial charge in [-0.15, -0.1) is 0 Å². The summed E-state index contributed by atoms with van der Waals surface area (Å²) in [5.41, 5.74) is 0.554. The van der Waals surface area contributed by atoms with Crippen molar-refractivity contribution in [3.05, 3.63) is 23.8 Å². The van der Waals surface area contributed by atoms with Gasteiger partial charge < -0.3 is 24.0 Å². The molecule has 0 N–H and O–H groups in total. The average Bonchev–Trinajstić information content (AvgIpc) is 3.30. The first kappa shape index (κ1) is 16.4. The van der Waals surface area contributed by atoms with Crippen molar-refractivity contribution in [1.82, 2.24) is 9.80 Å². The number of benzene rings is 1. The van der Waals surface area contributed by atoms with E-state index in [0.717, 1.165) is 31.7 Å². The SMILES string of the molecule is CN(C)C[C@H]1[C@H]2CN(C(=O)c3ccc4c(c3)OCCO4)C[C@]23CC[C@H]1O3. The molecule has 0 aliphatic carbocycles. The number of nitrogens with zero attached hydrogens (tertiary/aromatic N) is 2. The first-order valence-corrected chi connectivity index (χ1v) is 9.57. The standard InChI is InChI=1S/C20H26N2O4/c1-21(2)10-14-15-11-22(12-20(15)6-5-16(14)26-20)19(23)13-3-4-17-18(9-13)25-8-7-24-17/h3-4,9,14-16H,5-8,10-12H2,1-2H3/t14-,15+,16+,20+/m0/s1. The number of likely N-dealkylation sites (tertiary alicyclic amines) is 1. The van der Waals surface area contributed by atoms with Crippen molar-refractivity contribution in [2.45, 2.75) is 24.5 Å². The van der Waals surface area contributed by atoms with Gasteiger partial charge in [0.2, 0.25) is 0 Å². The number of hydrogen-bond acceptors (Lipinski definition) is 5. The number of fused-ring (bicyclic) bond motifs is 2. The molecule has 26 heavy (non-hydrogen) atoms. The maximum absolute atomic E-state index is 13.1. The van der Waals surface area contributed by atoms with E-state index in [-0.39, 0.29) is 11.5 Å². The molecule has 4 heterocycles. The first-order valence-electron chi connectivity index (χ1n) is 9.57. The van der Waals surface area contributed by atoms with Gasteiger partial charge >= 0.3 is 0 Å². The van der Waals surface area contributed by atoms with Gasteiger partial charge in [0.05, 0.1) is 18.2 Å². The van der Waals surface area contributed by atoms with Gasteiger partial charge in [0, 0.05) is 30.5 Å². The molecule has 4 atom stereocenters. The summed E-state index contributed by atoms with van der Waals surface area (Å²) in [5, 5.41) is 0. The Morgan fingerprint density at radius 2 is 2.08 bits per heavy atom. The minimum absolute atomic E-state index is 0.0707. The zero-order chi connectivity index (χ0) is 17.9. The zero-order valence-corrected chi connectivity index (χ0v) is 15.4. The van der Waals surface area contributed by atoms with Gasteiger partial charge in [-0.05, 0) is 45.1 Å². The quantitative estimate of drug-likeness (QED) is 0.822. The number of carbonyl (C=O) groups is 1. The minimum Gasteiger partial charge on any atom is -0.486 e. The number of carbonyl (C=O) groups excluding carboxylic acids is 1. The van der Waals surface area contributed by atoms with Gasteiger partial charge in [0.25, 0.3) is 5.91 Å². The zero-order valence-electron chi connectivity index (χ0n) is 15.4. The van der Waals surface area contributed by atoms with Gasteiger partial charge in [-0.2, -0.15) is 0 Å². The van der Waals surface area contributed by atoms with Crippen molar-refractivity contribution in [3.63, 3.8) is 0 Å². The number of rotatable bonds is 3. The topological polar surface area (TPSA) is 51.2 Å². The van der Waals surface area contributed by atoms with Crippen molar-refractivity contribution < 1.29 is 19.0 Å². The third-order valence-corrected chi connectivity index (χ3v) is 6.44. The number of amides is 1. The maximum atomic E-state index is 13.1. The van der Waals surface area contributed by atoms with E-state index in [0.29, 0.717) is 49.0 Å². The van der Waals surface area contributed by atoms with E-state index in [1.54, 1.807) is 0 Å². The summed E-state index contributed by atoms with van der Waals surface area (Å²) in [6.07, 6.45) is 2.58. The molecule has 1 aromatic rings. The Balaban J connectivity index is 1.36. The van der Waals surface area contributed by atoms with Crippen LogP contribution >= 0.6 is 0 Å². The molecular formula is C20H26N2O4. The molecule has 1 amide bonds. The van der Waals surface area contributed by atoms with E-state index in [1.807, 2.05) is 23.1 Å². The molecule has 2 bridgehead atoms. The number of hydrogen-bond donors (Lipinski definition) is 0. The van der Waals surface area contributed by atoms with Gasteiger partial charge in [-0.3, -0.25) is 4.79 Å². The van der Waals surface area contributed by atoms with Gasteiger partial charge in [-0.25, -0.2) is 0 Å². The average molecular weight is 358 g/mol. The molecule has 4 aliphatic rings. The Labute approximate surface area is 154 Å². The summed E-state index contributed by atoms with van der Waals surface area (Å²) in [7, 11) is 4.23. The highest BCUT2D eigenvalue weighted by Gasteiger charge is 2.63. The van der Waals surface area contributed by atoms with Crippen molar-refractivity contribution in [2.75, 3.05) is 46.9 Å². The third kappa shape index (κ3) is 2.42. The van der Waals surface area contributed by atoms with Crippen LogP contribution in [-0.2, 0) is 4.74 Å². The first-order chi connectivity index (χ1) is 12.6. The predicted molar refractivity (Wildman–Crippen MR) is 95.7 cm³/mol. The van der Waals surface area contributed by atoms with Crippen LogP contribution in [0.1, 0.15) is 23.2 Å². The molecule has 6 nitrogen and oxygen atoms in total. The van der Waals surface area contributed by atoms with E-state index in [1.165, 1.54) is 0 Å². The second kappa shape index (κ2) is 5.86. The van der Waals surface area contributed by atoms with Crippen LogP contribution in [0, 0.1) is 11.8 Å². The highest BCUT2D eigenvalue weighted by atomic mass is 16.6. The lowest BCUT2D eigenvalue weighted by Crippen LogP contribution is -2.40. The second-order valence-electron chi connectivity index (χ2n) is 8.34. The van der Waals surface area contributed by atoms with Crippen LogP contribution in [0.2, 0.25) is 0 Å². The lowest BCUT2D eigenvalue weighted by molar-refractivity contribution is 0.00256. The predicted octanol–water partition coefficient (Wildman–Crippen LogP) is 1.64. The van der Waals surface area contributed by atoms with Crippen molar-refractivity contribution in [1.29, 1.82) is 0 Å². The summed E-state index contributed by atoms with van der Waals surface area (Å²) in [6, 6.07) is 5.50. The smallest absolute Gasteiger partial charge is 0.254 e. The molecule has 5 rings (SSSR count). The third-order valence-electron chi connectivity index (χ3n) is 6.44. The Hall–Kier alpha value is -1.79. The largest absolute Gasteiger partial charge is 0.486 e. The molecule has 0 saturated carbocycles. The summed E-state index contributed by atoms with van der Waals surface area (Å²) >= 11 is 0. The summed E-state index contributed by atoms with van der Waals surface area (Å²) in [6.45, 7) is 3.63. The molecule has 3 fully saturated rings. The fourth-order valence-electron chi connectivity index (χ4n) is 5.37. The summed E-state index contributed by atoms with van der Waals surface area (Å²) in [4.78, 5) is 17.4. The molecule has 0 radical (unpaired) electrons. The molecular weight excluding hydrogens is 332 g/mol. The highest BCUT2D eigenvalue weighted by Crippen LogP contribution is 2.55. The molecule has 1 aromatic carbocycles. The minimum atomic E-state index is -0.116. The van der Waals surface area contributed by atoms with Crippen LogP contribution in [0.4, 0.5) is 0 Å². The van der Waals surface area contributed by atoms with Crippen LogP contribution in [0.25, 0.3) is 0 Å². The molecule has 3 saturated heterocycles. The Morgan fingerprint density at radius 1 is 1.27 bits per heavy atom. The van der Waals surface area contributed by atoms with Gasteiger partial charge in [-0.1, -0.05) is 0 Å². The fraction of sp³-hybridized carbons (Fsp3) is 0.650. The Bertz CT molecular complexity index is 737. The van der Waals surface area contributed by atoms with E-state index in [2.05, 4.69) is 19.0 Å². The summed E-state index contributed by atoms with van der Waals surface area (Å²) < 4.78 is 17.6. The maximum Gasteiger partial charge on any atom is 0.254 e. The van der Waals surface area contributed by atoms with E-state index >= 15 is 0 Å². The highest BCUT2D eigenvalue weighted by molar-refractivity contribution is 5.95. The fourth-order valence-corrected chi connectivity index (χ4v) is 5.37. The van der Waals surface area contributed by atoms with Crippen LogP contribution in [-0.4, -0.2) is 74.4 Å². The monoisotopic (exact) mass is 358 g/mol. The lowest BCUT2D eigenvalue weighted by atomic mass is 9.73. The van der Waals surface area contributed by atoms with Crippen LogP contribution in [0.15, 0.2) is 18.2 Å². The molecule has 6 heteroatoms. The second-order valence-corrected chi connectivity index (χ2v) is 8.34. The van der Waals surface area contributed by atoms with E-state index in [4.69, 9.17) is 14.2 Å². The molecule has 140 valence electrons. The molecule has 0 aromatic heterocycles.